The number of hydrogen-bond acceptors (Lipinski definition) is 0. The molecule has 6 rings (SSSR count). The molecule has 2 nitrogen and oxygen atoms in total. The maximum Gasteiger partial charge on any atom is 0.0654 e. The third-order valence-electron chi connectivity index (χ3n) is 5.40. The van der Waals surface area contributed by atoms with Crippen LogP contribution in [0.25, 0.3) is 49.3 Å². The molecule has 2 aromatic heterocycles. The predicted molar refractivity (Wildman–Crippen MR) is 115 cm³/mol. The second-order valence-electron chi connectivity index (χ2n) is 6.89. The summed E-state index contributed by atoms with van der Waals surface area (Å²) in [5.74, 6) is 0. The molecule has 0 spiro atoms. The highest BCUT2D eigenvalue weighted by molar-refractivity contribution is 6.36. The van der Waals surface area contributed by atoms with Crippen molar-refractivity contribution in [3.05, 3.63) is 90.0 Å². The maximum absolute atomic E-state index is 6.39. The van der Waals surface area contributed by atoms with Crippen LogP contribution in [-0.4, -0.2) is 9.55 Å². The molecule has 0 aliphatic heterocycles. The van der Waals surface area contributed by atoms with Gasteiger partial charge in [-0.25, -0.2) is 0 Å². The number of benzene rings is 4. The minimum atomic E-state index is 0.752. The molecule has 0 unspecified atom stereocenters. The zero-order chi connectivity index (χ0) is 18.0. The molecule has 6 aromatic rings. The summed E-state index contributed by atoms with van der Waals surface area (Å²) in [6.07, 6.45) is 0. The van der Waals surface area contributed by atoms with Crippen LogP contribution in [0.3, 0.4) is 0 Å². The quantitative estimate of drug-likeness (QED) is 0.321. The number of fused-ring (bicyclic) bond motifs is 6. The van der Waals surface area contributed by atoms with Crippen LogP contribution >= 0.6 is 11.6 Å². The van der Waals surface area contributed by atoms with Crippen LogP contribution in [-0.2, 0) is 0 Å². The Morgan fingerprint density at radius 3 is 2.04 bits per heavy atom. The van der Waals surface area contributed by atoms with Gasteiger partial charge in [0.2, 0.25) is 0 Å². The number of halogens is 1. The fourth-order valence-corrected chi connectivity index (χ4v) is 4.44. The van der Waals surface area contributed by atoms with E-state index in [4.69, 9.17) is 11.6 Å². The van der Waals surface area contributed by atoms with E-state index >= 15 is 0 Å². The first-order chi connectivity index (χ1) is 13.3. The highest BCUT2D eigenvalue weighted by atomic mass is 35.5. The smallest absolute Gasteiger partial charge is 0.0654 e. The number of aromatic nitrogens is 2. The minimum absolute atomic E-state index is 0.752. The van der Waals surface area contributed by atoms with Gasteiger partial charge in [-0.05, 0) is 36.4 Å². The van der Waals surface area contributed by atoms with E-state index in [0.717, 1.165) is 27.1 Å². The second-order valence-corrected chi connectivity index (χ2v) is 7.29. The van der Waals surface area contributed by atoms with Gasteiger partial charge >= 0.3 is 0 Å². The summed E-state index contributed by atoms with van der Waals surface area (Å²) in [6.45, 7) is 0. The van der Waals surface area contributed by atoms with Gasteiger partial charge in [0.15, 0.2) is 0 Å². The molecule has 0 amide bonds. The average molecular weight is 367 g/mol. The molecule has 0 bridgehead atoms. The van der Waals surface area contributed by atoms with Crippen LogP contribution in [0.5, 0.6) is 0 Å². The maximum atomic E-state index is 6.39. The van der Waals surface area contributed by atoms with Crippen LogP contribution in [0.1, 0.15) is 0 Å². The van der Waals surface area contributed by atoms with Crippen molar-refractivity contribution in [1.82, 2.24) is 9.55 Å². The zero-order valence-corrected chi connectivity index (χ0v) is 15.2. The van der Waals surface area contributed by atoms with E-state index in [1.54, 1.807) is 0 Å². The Labute approximate surface area is 160 Å². The molecule has 3 heteroatoms. The van der Waals surface area contributed by atoms with Gasteiger partial charge in [0.1, 0.15) is 0 Å². The zero-order valence-electron chi connectivity index (χ0n) is 14.4. The van der Waals surface area contributed by atoms with Crippen molar-refractivity contribution in [2.75, 3.05) is 0 Å². The van der Waals surface area contributed by atoms with Crippen molar-refractivity contribution >= 4 is 55.2 Å². The first kappa shape index (κ1) is 14.9. The van der Waals surface area contributed by atoms with Crippen LogP contribution < -0.4 is 0 Å². The highest BCUT2D eigenvalue weighted by Gasteiger charge is 2.13. The summed E-state index contributed by atoms with van der Waals surface area (Å²) in [5.41, 5.74) is 5.68. The Morgan fingerprint density at radius 1 is 0.630 bits per heavy atom. The molecule has 2 heterocycles. The van der Waals surface area contributed by atoms with Gasteiger partial charge in [-0.1, -0.05) is 60.1 Å². The topological polar surface area (TPSA) is 20.7 Å². The first-order valence-corrected chi connectivity index (χ1v) is 9.37. The molecule has 27 heavy (non-hydrogen) atoms. The predicted octanol–water partition coefficient (Wildman–Crippen LogP) is 7.07. The van der Waals surface area contributed by atoms with E-state index in [1.807, 2.05) is 12.1 Å². The van der Waals surface area contributed by atoms with Crippen LogP contribution in [0.2, 0.25) is 5.02 Å². The third-order valence-corrected chi connectivity index (χ3v) is 5.72. The van der Waals surface area contributed by atoms with E-state index in [1.165, 1.54) is 27.2 Å². The van der Waals surface area contributed by atoms with Crippen LogP contribution in [0, 0.1) is 0 Å². The number of hydrogen-bond donors (Lipinski definition) is 1. The average Bonchev–Trinajstić information content (AvgIpc) is 3.24. The number of nitrogens with zero attached hydrogens (tertiary/aromatic N) is 1. The van der Waals surface area contributed by atoms with Gasteiger partial charge in [-0.3, -0.25) is 0 Å². The summed E-state index contributed by atoms with van der Waals surface area (Å²) in [6, 6.07) is 29.8. The lowest BCUT2D eigenvalue weighted by atomic mass is 10.1. The lowest BCUT2D eigenvalue weighted by Gasteiger charge is -2.08. The number of rotatable bonds is 1. The Hall–Kier alpha value is -3.23. The highest BCUT2D eigenvalue weighted by Crippen LogP contribution is 2.35. The molecular formula is C24H15ClN2. The second kappa shape index (κ2) is 5.38. The van der Waals surface area contributed by atoms with Crippen molar-refractivity contribution in [3.8, 4) is 5.69 Å². The molecule has 1 N–H and O–H groups in total. The molecule has 0 saturated heterocycles. The number of aromatic amines is 1. The summed E-state index contributed by atoms with van der Waals surface area (Å²) < 4.78 is 2.34. The van der Waals surface area contributed by atoms with Gasteiger partial charge in [0, 0.05) is 32.7 Å². The van der Waals surface area contributed by atoms with Crippen molar-refractivity contribution in [2.24, 2.45) is 0 Å². The van der Waals surface area contributed by atoms with Gasteiger partial charge < -0.3 is 9.55 Å². The van der Waals surface area contributed by atoms with Crippen molar-refractivity contribution < 1.29 is 0 Å². The fourth-order valence-electron chi connectivity index (χ4n) is 4.21. The molecule has 0 aliphatic carbocycles. The van der Waals surface area contributed by atoms with E-state index < -0.39 is 0 Å². The summed E-state index contributed by atoms with van der Waals surface area (Å²) in [4.78, 5) is 3.45. The fraction of sp³-hybridized carbons (Fsp3) is 0. The lowest BCUT2D eigenvalue weighted by Crippen LogP contribution is -1.93. The lowest BCUT2D eigenvalue weighted by molar-refractivity contribution is 1.19. The summed E-state index contributed by atoms with van der Waals surface area (Å²) >= 11 is 6.39. The van der Waals surface area contributed by atoms with Crippen LogP contribution in [0.4, 0.5) is 0 Å². The van der Waals surface area contributed by atoms with Gasteiger partial charge in [-0.2, -0.15) is 0 Å². The molecular weight excluding hydrogens is 352 g/mol. The van der Waals surface area contributed by atoms with Gasteiger partial charge in [0.05, 0.1) is 21.6 Å². The first-order valence-electron chi connectivity index (χ1n) is 9.00. The number of para-hydroxylation sites is 3. The van der Waals surface area contributed by atoms with Crippen molar-refractivity contribution in [1.29, 1.82) is 0 Å². The van der Waals surface area contributed by atoms with E-state index in [2.05, 4.69) is 82.3 Å². The van der Waals surface area contributed by atoms with E-state index in [0.29, 0.717) is 0 Å². The molecule has 0 aliphatic rings. The third kappa shape index (κ3) is 2.02. The minimum Gasteiger partial charge on any atom is -0.353 e. The molecule has 0 atom stereocenters. The standard InChI is InChI=1S/C24H15ClN2/c25-20-9-5-8-18-19-14-15(12-13-21(19)26-24(18)20)27-22-10-3-1-6-16(22)17-7-2-4-11-23(17)27/h1-14,26H. The summed E-state index contributed by atoms with van der Waals surface area (Å²) in [7, 11) is 0. The molecule has 4 aromatic carbocycles. The van der Waals surface area contributed by atoms with Crippen molar-refractivity contribution in [2.45, 2.75) is 0 Å². The number of H-pyrrole nitrogens is 1. The molecule has 128 valence electrons. The largest absolute Gasteiger partial charge is 0.353 e. The normalized spacial score (nSPS) is 11.9. The van der Waals surface area contributed by atoms with Crippen molar-refractivity contribution in [3.63, 3.8) is 0 Å². The number of nitrogens with one attached hydrogen (secondary N) is 1. The Bertz CT molecular complexity index is 1430. The Balaban J connectivity index is 1.75. The van der Waals surface area contributed by atoms with Gasteiger partial charge in [0.25, 0.3) is 0 Å². The van der Waals surface area contributed by atoms with E-state index in [9.17, 15) is 0 Å². The van der Waals surface area contributed by atoms with Crippen LogP contribution in [0.15, 0.2) is 84.9 Å². The molecule has 0 saturated carbocycles. The van der Waals surface area contributed by atoms with Gasteiger partial charge in [-0.15, -0.1) is 0 Å². The summed E-state index contributed by atoms with van der Waals surface area (Å²) in [5, 5.41) is 5.64. The Morgan fingerprint density at radius 2 is 1.30 bits per heavy atom. The monoisotopic (exact) mass is 366 g/mol. The Kier molecular flexibility index (Phi) is 2.97. The molecule has 0 fully saturated rings. The van der Waals surface area contributed by atoms with E-state index in [-0.39, 0.29) is 0 Å². The molecule has 0 radical (unpaired) electrons. The SMILES string of the molecule is Clc1cccc2c1[nH]c1ccc(-n3c4ccccc4c4ccccc43)cc12.